The summed E-state index contributed by atoms with van der Waals surface area (Å²) in [6.45, 7) is 1.78. The second-order valence-electron chi connectivity index (χ2n) is 3.55. The van der Waals surface area contributed by atoms with Gasteiger partial charge in [0.25, 0.3) is 0 Å². The molecule has 0 spiro atoms. The largest absolute Gasteiger partial charge is 0.371 e. The number of pyridine rings is 1. The second kappa shape index (κ2) is 4.89. The van der Waals surface area contributed by atoms with Crippen molar-refractivity contribution in [1.29, 1.82) is 0 Å². The molecule has 0 saturated carbocycles. The van der Waals surface area contributed by atoms with Gasteiger partial charge in [0.1, 0.15) is 10.9 Å². The van der Waals surface area contributed by atoms with E-state index in [0.29, 0.717) is 11.0 Å². The molecule has 2 aromatic rings. The highest BCUT2D eigenvalue weighted by atomic mass is 32.2. The summed E-state index contributed by atoms with van der Waals surface area (Å²) in [5.74, 6) is -0.753. The van der Waals surface area contributed by atoms with Crippen LogP contribution in [0.2, 0.25) is 0 Å². The molecule has 0 bridgehead atoms. The van der Waals surface area contributed by atoms with Crippen molar-refractivity contribution in [3.63, 3.8) is 0 Å². The van der Waals surface area contributed by atoms with Gasteiger partial charge in [-0.05, 0) is 18.7 Å². The van der Waals surface area contributed by atoms with E-state index in [-0.39, 0.29) is 10.8 Å². The number of nitrogens with zero attached hydrogens (tertiary/aromatic N) is 4. The van der Waals surface area contributed by atoms with E-state index in [1.54, 1.807) is 18.5 Å². The Morgan fingerprint density at radius 1 is 1.28 bits per heavy atom. The van der Waals surface area contributed by atoms with E-state index in [2.05, 4.69) is 20.5 Å². The molecule has 0 saturated heterocycles. The van der Waals surface area contributed by atoms with Gasteiger partial charge in [0, 0.05) is 20.2 Å². The highest BCUT2D eigenvalue weighted by Crippen LogP contribution is 2.28. The summed E-state index contributed by atoms with van der Waals surface area (Å²) < 4.78 is 28.5. The van der Waals surface area contributed by atoms with Crippen LogP contribution in [0, 0.1) is 18.6 Å². The van der Waals surface area contributed by atoms with E-state index in [1.807, 2.05) is 0 Å². The van der Waals surface area contributed by atoms with Crippen LogP contribution in [0.3, 0.4) is 0 Å². The zero-order valence-corrected chi connectivity index (χ0v) is 10.8. The SMILES string of the molecule is CNc1nc(Sc2nnc(C)n2C)c(F)cc1F. The minimum absolute atomic E-state index is 0.00205. The lowest BCUT2D eigenvalue weighted by Crippen LogP contribution is -2.01. The molecular formula is C10H11F2N5S. The third-order valence-electron chi connectivity index (χ3n) is 2.37. The van der Waals surface area contributed by atoms with E-state index < -0.39 is 11.6 Å². The summed E-state index contributed by atoms with van der Waals surface area (Å²) in [6, 6.07) is 0.796. The van der Waals surface area contributed by atoms with Gasteiger partial charge in [0.2, 0.25) is 0 Å². The third kappa shape index (κ3) is 2.28. The molecule has 0 aliphatic rings. The van der Waals surface area contributed by atoms with Gasteiger partial charge < -0.3 is 9.88 Å². The van der Waals surface area contributed by atoms with Gasteiger partial charge >= 0.3 is 0 Å². The van der Waals surface area contributed by atoms with Crippen molar-refractivity contribution in [3.8, 4) is 0 Å². The fraction of sp³-hybridized carbons (Fsp3) is 0.300. The van der Waals surface area contributed by atoms with Crippen molar-refractivity contribution >= 4 is 17.6 Å². The maximum Gasteiger partial charge on any atom is 0.197 e. The van der Waals surface area contributed by atoms with E-state index in [4.69, 9.17) is 0 Å². The molecule has 0 aromatic carbocycles. The first-order valence-electron chi connectivity index (χ1n) is 5.10. The van der Waals surface area contributed by atoms with Crippen LogP contribution in [-0.2, 0) is 7.05 Å². The minimum Gasteiger partial charge on any atom is -0.371 e. The first-order valence-corrected chi connectivity index (χ1v) is 5.92. The van der Waals surface area contributed by atoms with E-state index >= 15 is 0 Å². The highest BCUT2D eigenvalue weighted by molar-refractivity contribution is 7.99. The number of nitrogens with one attached hydrogen (secondary N) is 1. The zero-order chi connectivity index (χ0) is 13.3. The first kappa shape index (κ1) is 12.7. The van der Waals surface area contributed by atoms with E-state index in [0.717, 1.165) is 17.8 Å². The average molecular weight is 271 g/mol. The van der Waals surface area contributed by atoms with Crippen LogP contribution in [0.4, 0.5) is 14.6 Å². The molecule has 0 atom stereocenters. The van der Waals surface area contributed by atoms with Crippen LogP contribution in [0.5, 0.6) is 0 Å². The Bertz CT molecular complexity index is 584. The maximum atomic E-state index is 13.6. The quantitative estimate of drug-likeness (QED) is 0.925. The number of rotatable bonds is 3. The summed E-state index contributed by atoms with van der Waals surface area (Å²) in [5, 5.41) is 10.8. The van der Waals surface area contributed by atoms with Crippen molar-refractivity contribution in [2.24, 2.45) is 7.05 Å². The summed E-state index contributed by atoms with van der Waals surface area (Å²) in [7, 11) is 3.28. The van der Waals surface area contributed by atoms with Crippen LogP contribution < -0.4 is 5.32 Å². The molecule has 96 valence electrons. The van der Waals surface area contributed by atoms with Crippen LogP contribution >= 0.6 is 11.8 Å². The highest BCUT2D eigenvalue weighted by Gasteiger charge is 2.15. The molecule has 2 aromatic heterocycles. The van der Waals surface area contributed by atoms with Crippen molar-refractivity contribution in [2.45, 2.75) is 17.1 Å². The standard InChI is InChI=1S/C10H11F2N5S/c1-5-15-16-10(17(5)3)18-9-7(12)4-6(11)8(13-2)14-9/h4H,1-3H3,(H,13,14). The summed E-state index contributed by atoms with van der Waals surface area (Å²) in [4.78, 5) is 3.86. The molecule has 0 amide bonds. The summed E-state index contributed by atoms with van der Waals surface area (Å²) in [6.07, 6.45) is 0. The molecule has 5 nitrogen and oxygen atoms in total. The number of halogens is 2. The van der Waals surface area contributed by atoms with Crippen molar-refractivity contribution in [3.05, 3.63) is 23.5 Å². The number of aryl methyl sites for hydroxylation is 1. The molecule has 0 aliphatic heterocycles. The molecule has 2 heterocycles. The third-order valence-corrected chi connectivity index (χ3v) is 3.39. The summed E-state index contributed by atoms with van der Waals surface area (Å²) in [5.41, 5.74) is 0. The average Bonchev–Trinajstić information content (AvgIpc) is 2.64. The molecule has 0 radical (unpaired) electrons. The predicted octanol–water partition coefficient (Wildman–Crippen LogP) is 1.99. The van der Waals surface area contributed by atoms with Crippen LogP contribution in [0.25, 0.3) is 0 Å². The van der Waals surface area contributed by atoms with Crippen molar-refractivity contribution in [1.82, 2.24) is 19.7 Å². The number of aromatic nitrogens is 4. The normalized spacial score (nSPS) is 10.7. The van der Waals surface area contributed by atoms with Crippen molar-refractivity contribution in [2.75, 3.05) is 12.4 Å². The molecule has 0 aliphatic carbocycles. The second-order valence-corrected chi connectivity index (χ2v) is 4.50. The number of hydrogen-bond donors (Lipinski definition) is 1. The van der Waals surface area contributed by atoms with E-state index in [9.17, 15) is 8.78 Å². The van der Waals surface area contributed by atoms with Gasteiger partial charge in [0.05, 0.1) is 0 Å². The topological polar surface area (TPSA) is 55.6 Å². The molecule has 0 unspecified atom stereocenters. The Kier molecular flexibility index (Phi) is 3.46. The van der Waals surface area contributed by atoms with Gasteiger partial charge in [-0.15, -0.1) is 10.2 Å². The zero-order valence-electron chi connectivity index (χ0n) is 10.0. The fourth-order valence-electron chi connectivity index (χ4n) is 1.26. The van der Waals surface area contributed by atoms with Gasteiger partial charge in [-0.2, -0.15) is 0 Å². The first-order chi connectivity index (χ1) is 8.52. The van der Waals surface area contributed by atoms with Crippen LogP contribution in [0.1, 0.15) is 5.82 Å². The monoisotopic (exact) mass is 271 g/mol. The van der Waals surface area contributed by atoms with E-state index in [1.165, 1.54) is 7.05 Å². The molecule has 0 fully saturated rings. The minimum atomic E-state index is -0.728. The van der Waals surface area contributed by atoms with Gasteiger partial charge in [-0.25, -0.2) is 13.8 Å². The van der Waals surface area contributed by atoms with Gasteiger partial charge in [0.15, 0.2) is 22.6 Å². The van der Waals surface area contributed by atoms with Crippen LogP contribution in [-0.4, -0.2) is 26.8 Å². The smallest absolute Gasteiger partial charge is 0.197 e. The predicted molar refractivity (Wildman–Crippen MR) is 63.6 cm³/mol. The van der Waals surface area contributed by atoms with Gasteiger partial charge in [-0.3, -0.25) is 0 Å². The molecule has 8 heteroatoms. The lowest BCUT2D eigenvalue weighted by atomic mass is 10.4. The fourth-order valence-corrected chi connectivity index (χ4v) is 2.08. The Morgan fingerprint density at radius 2 is 2.00 bits per heavy atom. The van der Waals surface area contributed by atoms with Gasteiger partial charge in [-0.1, -0.05) is 0 Å². The number of hydrogen-bond acceptors (Lipinski definition) is 5. The molecule has 2 rings (SSSR count). The molecular weight excluding hydrogens is 260 g/mol. The Morgan fingerprint density at radius 3 is 2.56 bits per heavy atom. The molecule has 1 N–H and O–H groups in total. The Labute approximate surface area is 107 Å². The number of anilines is 1. The molecule has 18 heavy (non-hydrogen) atoms. The van der Waals surface area contributed by atoms with Crippen LogP contribution in [0.15, 0.2) is 16.2 Å². The Hall–Kier alpha value is -1.70. The maximum absolute atomic E-state index is 13.6. The summed E-state index contributed by atoms with van der Waals surface area (Å²) >= 11 is 0.996. The lowest BCUT2D eigenvalue weighted by Gasteiger charge is -2.06. The van der Waals surface area contributed by atoms with Crippen molar-refractivity contribution < 1.29 is 8.78 Å². The lowest BCUT2D eigenvalue weighted by molar-refractivity contribution is 0.551. The Balaban J connectivity index is 2.37.